The highest BCUT2D eigenvalue weighted by Gasteiger charge is 2.38. The van der Waals surface area contributed by atoms with Gasteiger partial charge in [0.1, 0.15) is 12.1 Å². The highest BCUT2D eigenvalue weighted by atomic mass is 16.3. The van der Waals surface area contributed by atoms with E-state index in [1.807, 2.05) is 24.3 Å². The van der Waals surface area contributed by atoms with E-state index < -0.39 is 65.9 Å². The first-order chi connectivity index (χ1) is 22.8. The lowest BCUT2D eigenvalue weighted by Crippen LogP contribution is -2.59. The Hall–Kier alpha value is -4.72. The summed E-state index contributed by atoms with van der Waals surface area (Å²) in [6, 6.07) is 4.03. The Morgan fingerprint density at radius 3 is 2.44 bits per heavy atom. The van der Waals surface area contributed by atoms with Crippen molar-refractivity contribution in [3.8, 4) is 0 Å². The second-order valence-electron chi connectivity index (χ2n) is 13.0. The molecule has 2 fully saturated rings. The minimum Gasteiger partial charge on any atom is -0.513 e. The number of nitrogens with one attached hydrogen (secondary N) is 6. The highest BCUT2D eigenvalue weighted by Crippen LogP contribution is 2.26. The van der Waals surface area contributed by atoms with E-state index in [-0.39, 0.29) is 43.4 Å². The van der Waals surface area contributed by atoms with Gasteiger partial charge < -0.3 is 41.6 Å². The summed E-state index contributed by atoms with van der Waals surface area (Å²) in [4.78, 5) is 85.5. The van der Waals surface area contributed by atoms with E-state index in [9.17, 15) is 33.9 Å². The van der Waals surface area contributed by atoms with Gasteiger partial charge in [0.15, 0.2) is 5.78 Å². The molecule has 4 atom stereocenters. The predicted octanol–water partition coefficient (Wildman–Crippen LogP) is 0.446. The van der Waals surface area contributed by atoms with Gasteiger partial charge in [0.25, 0.3) is 0 Å². The topological polar surface area (TPSA) is 202 Å². The minimum absolute atomic E-state index is 0.150. The zero-order valence-corrected chi connectivity index (χ0v) is 27.8. The molecule has 5 amide bonds. The summed E-state index contributed by atoms with van der Waals surface area (Å²) < 4.78 is 0. The number of aromatic amines is 1. The summed E-state index contributed by atoms with van der Waals surface area (Å²) in [6.45, 7) is 7.60. The fourth-order valence-corrected chi connectivity index (χ4v) is 6.46. The van der Waals surface area contributed by atoms with Gasteiger partial charge in [0.2, 0.25) is 29.5 Å². The molecule has 0 spiro atoms. The number of benzene rings is 1. The molecule has 2 aliphatic heterocycles. The lowest BCUT2D eigenvalue weighted by molar-refractivity contribution is -0.145. The molecule has 48 heavy (non-hydrogen) atoms. The maximum Gasteiger partial charge on any atom is 0.244 e. The molecule has 0 bridgehead atoms. The van der Waals surface area contributed by atoms with Gasteiger partial charge in [-0.05, 0) is 49.9 Å². The van der Waals surface area contributed by atoms with Gasteiger partial charge in [-0.15, -0.1) is 0 Å². The average molecular weight is 666 g/mol. The van der Waals surface area contributed by atoms with Gasteiger partial charge in [-0.3, -0.25) is 28.8 Å². The van der Waals surface area contributed by atoms with Gasteiger partial charge in [-0.25, -0.2) is 0 Å². The standard InChI is InChI=1S/C34H47N7O7/c1-19(2)30-33(47)40-27(17-37-31(45)21-9-11-35-12-10-21)32(46)38-18-29(44)39-26(13-20(3)42)28(43)15-22(34(48)41(30)4)14-23-16-36-25-8-6-5-7-24(23)25/h5-8,16,19,21-22,26-27,30,35-36,42H,3,9-15,17-18H2,1-2,4H3,(H,37,45)(H,38,46)(H,39,44)(H,40,47)/t22-,26-,27-,30-/m0/s1. The fraction of sp³-hybridized carbons (Fsp3) is 0.529. The van der Waals surface area contributed by atoms with Crippen LogP contribution in [0.3, 0.4) is 0 Å². The number of fused-ring (bicyclic) bond motifs is 1. The third-order valence-electron chi connectivity index (χ3n) is 9.01. The Balaban J connectivity index is 1.66. The molecule has 7 N–H and O–H groups in total. The zero-order chi connectivity index (χ0) is 35.0. The smallest absolute Gasteiger partial charge is 0.244 e. The first-order valence-electron chi connectivity index (χ1n) is 16.4. The van der Waals surface area contributed by atoms with Gasteiger partial charge in [-0.2, -0.15) is 0 Å². The number of carbonyl (C=O) groups excluding carboxylic acids is 6. The zero-order valence-electron chi connectivity index (χ0n) is 27.8. The van der Waals surface area contributed by atoms with Crippen LogP contribution < -0.4 is 26.6 Å². The molecule has 2 aliphatic rings. The monoisotopic (exact) mass is 665 g/mol. The van der Waals surface area contributed by atoms with Crippen molar-refractivity contribution in [2.24, 2.45) is 17.8 Å². The third kappa shape index (κ3) is 9.21. The van der Waals surface area contributed by atoms with Crippen LogP contribution in [-0.2, 0) is 35.2 Å². The quantitative estimate of drug-likeness (QED) is 0.197. The van der Waals surface area contributed by atoms with Crippen LogP contribution in [0.1, 0.15) is 45.1 Å². The van der Waals surface area contributed by atoms with Crippen LogP contribution in [0.2, 0.25) is 0 Å². The molecule has 260 valence electrons. The van der Waals surface area contributed by atoms with Gasteiger partial charge in [-0.1, -0.05) is 38.6 Å². The van der Waals surface area contributed by atoms with Gasteiger partial charge in [0.05, 0.1) is 18.3 Å². The lowest BCUT2D eigenvalue weighted by atomic mass is 9.89. The Bertz CT molecular complexity index is 1530. The molecule has 2 aromatic rings. The Kier molecular flexibility index (Phi) is 12.3. The molecule has 14 heteroatoms. The van der Waals surface area contributed by atoms with E-state index in [1.165, 1.54) is 11.9 Å². The van der Waals surface area contributed by atoms with Crippen LogP contribution in [0.15, 0.2) is 42.8 Å². The van der Waals surface area contributed by atoms with E-state index in [4.69, 9.17) is 0 Å². The summed E-state index contributed by atoms with van der Waals surface area (Å²) in [6.07, 6.45) is 2.61. The van der Waals surface area contributed by atoms with Crippen LogP contribution in [-0.4, -0.2) is 102 Å². The fourth-order valence-electron chi connectivity index (χ4n) is 6.46. The summed E-state index contributed by atoms with van der Waals surface area (Å²) in [5.74, 6) is -5.25. The molecular formula is C34H47N7O7. The highest BCUT2D eigenvalue weighted by molar-refractivity contribution is 5.97. The molecule has 0 unspecified atom stereocenters. The number of piperidine rings is 1. The number of ketones is 1. The van der Waals surface area contributed by atoms with Crippen LogP contribution in [0, 0.1) is 17.8 Å². The number of aromatic nitrogens is 1. The summed E-state index contributed by atoms with van der Waals surface area (Å²) in [7, 11) is 1.49. The number of carbonyl (C=O) groups is 6. The normalized spacial score (nSPS) is 24.0. The number of aliphatic hydroxyl groups excluding tert-OH is 1. The summed E-state index contributed by atoms with van der Waals surface area (Å²) in [5.41, 5.74) is 1.65. The second-order valence-corrected chi connectivity index (χ2v) is 13.0. The summed E-state index contributed by atoms with van der Waals surface area (Å²) in [5, 5.41) is 24.5. The largest absolute Gasteiger partial charge is 0.513 e. The molecule has 1 aromatic heterocycles. The molecular weight excluding hydrogens is 618 g/mol. The molecule has 0 aliphatic carbocycles. The number of likely N-dealkylation sites (N-methyl/N-ethyl adjacent to an activating group) is 1. The molecule has 2 saturated heterocycles. The number of para-hydroxylation sites is 1. The Labute approximate surface area is 279 Å². The first-order valence-corrected chi connectivity index (χ1v) is 16.4. The minimum atomic E-state index is -1.26. The Morgan fingerprint density at radius 1 is 1.04 bits per heavy atom. The SMILES string of the molecule is C=C(O)C[C@@H]1NC(=O)CNC(=O)[C@H](CNC(=O)C2CCNCC2)NC(=O)[C@H](C(C)C)N(C)C(=O)[C@@H](Cc2c[nH]c3ccccc23)CC1=O. The van der Waals surface area contributed by atoms with Crippen molar-refractivity contribution in [2.45, 2.75) is 64.1 Å². The number of H-pyrrole nitrogens is 1. The van der Waals surface area contributed by atoms with E-state index in [0.717, 1.165) is 16.5 Å². The van der Waals surface area contributed by atoms with Crippen molar-refractivity contribution in [3.05, 3.63) is 48.4 Å². The van der Waals surface area contributed by atoms with E-state index in [1.54, 1.807) is 20.0 Å². The van der Waals surface area contributed by atoms with Gasteiger partial charge in [0, 0.05) is 55.4 Å². The van der Waals surface area contributed by atoms with Crippen molar-refractivity contribution >= 4 is 46.2 Å². The number of hydrogen-bond acceptors (Lipinski definition) is 8. The van der Waals surface area contributed by atoms with E-state index >= 15 is 0 Å². The number of Topliss-reactive ketones (excluding diaryl/α,β-unsaturated/α-hetero) is 1. The Morgan fingerprint density at radius 2 is 1.75 bits per heavy atom. The number of aliphatic hydroxyl groups is 1. The van der Waals surface area contributed by atoms with E-state index in [0.29, 0.717) is 25.9 Å². The maximum atomic E-state index is 14.3. The van der Waals surface area contributed by atoms with Crippen molar-refractivity contribution in [1.29, 1.82) is 0 Å². The van der Waals surface area contributed by atoms with Crippen LogP contribution in [0.4, 0.5) is 0 Å². The first kappa shape index (κ1) is 36.1. The van der Waals surface area contributed by atoms with Crippen LogP contribution in [0.5, 0.6) is 0 Å². The third-order valence-corrected chi connectivity index (χ3v) is 9.01. The molecule has 0 saturated carbocycles. The molecule has 3 heterocycles. The molecule has 1 aromatic carbocycles. The summed E-state index contributed by atoms with van der Waals surface area (Å²) >= 11 is 0. The maximum absolute atomic E-state index is 14.3. The average Bonchev–Trinajstić information content (AvgIpc) is 3.46. The van der Waals surface area contributed by atoms with Crippen molar-refractivity contribution in [3.63, 3.8) is 0 Å². The van der Waals surface area contributed by atoms with Crippen LogP contribution in [0.25, 0.3) is 10.9 Å². The number of nitrogens with zero attached hydrogens (tertiary/aromatic N) is 1. The number of hydrogen-bond donors (Lipinski definition) is 7. The van der Waals surface area contributed by atoms with Crippen molar-refractivity contribution < 1.29 is 33.9 Å². The number of amides is 5. The van der Waals surface area contributed by atoms with Gasteiger partial charge >= 0.3 is 0 Å². The second kappa shape index (κ2) is 16.4. The molecule has 14 nitrogen and oxygen atoms in total. The van der Waals surface area contributed by atoms with Crippen LogP contribution >= 0.6 is 0 Å². The molecule has 4 rings (SSSR count). The molecule has 0 radical (unpaired) electrons. The lowest BCUT2D eigenvalue weighted by Gasteiger charge is -2.34. The van der Waals surface area contributed by atoms with Crippen molar-refractivity contribution in [2.75, 3.05) is 33.2 Å². The number of rotatable bonds is 8. The predicted molar refractivity (Wildman–Crippen MR) is 178 cm³/mol. The van der Waals surface area contributed by atoms with Crippen molar-refractivity contribution in [1.82, 2.24) is 36.5 Å². The van der Waals surface area contributed by atoms with E-state index in [2.05, 4.69) is 38.1 Å².